The van der Waals surface area contributed by atoms with Crippen molar-refractivity contribution in [3.05, 3.63) is 34.1 Å². The van der Waals surface area contributed by atoms with Crippen LogP contribution >= 0.6 is 15.9 Å². The highest BCUT2D eigenvalue weighted by atomic mass is 79.9. The van der Waals surface area contributed by atoms with Crippen LogP contribution in [0.15, 0.2) is 22.7 Å². The predicted molar refractivity (Wildman–Crippen MR) is 49.4 cm³/mol. The molecule has 0 saturated heterocycles. The molecule has 0 radical (unpaired) electrons. The van der Waals surface area contributed by atoms with Gasteiger partial charge >= 0.3 is 0 Å². The number of aliphatic hydroxyl groups excluding tert-OH is 1. The second-order valence-corrected chi connectivity index (χ2v) is 3.51. The lowest BCUT2D eigenvalue weighted by atomic mass is 10.1. The Hall–Kier alpha value is -0.410. The molecule has 0 spiro atoms. The van der Waals surface area contributed by atoms with Gasteiger partial charge < -0.3 is 5.11 Å². The fourth-order valence-corrected chi connectivity index (χ4v) is 1.37. The average molecular weight is 233 g/mol. The van der Waals surface area contributed by atoms with Gasteiger partial charge in [0, 0.05) is 10.0 Å². The zero-order chi connectivity index (χ0) is 9.14. The van der Waals surface area contributed by atoms with E-state index in [1.54, 1.807) is 12.1 Å². The summed E-state index contributed by atoms with van der Waals surface area (Å²) >= 11 is 3.22. The lowest BCUT2D eigenvalue weighted by Crippen LogP contribution is -1.98. The van der Waals surface area contributed by atoms with E-state index in [0.717, 1.165) is 4.47 Å². The van der Waals surface area contributed by atoms with E-state index >= 15 is 0 Å². The van der Waals surface area contributed by atoms with Gasteiger partial charge in [-0.3, -0.25) is 0 Å². The lowest BCUT2D eigenvalue weighted by molar-refractivity contribution is 0.169. The quantitative estimate of drug-likeness (QED) is 0.832. The zero-order valence-corrected chi connectivity index (χ0v) is 8.31. The van der Waals surface area contributed by atoms with Gasteiger partial charge in [0.15, 0.2) is 0 Å². The molecular formula is C9H10BrFO. The molecule has 0 aromatic heterocycles. The van der Waals surface area contributed by atoms with E-state index in [4.69, 9.17) is 0 Å². The van der Waals surface area contributed by atoms with Gasteiger partial charge in [-0.05, 0) is 24.6 Å². The van der Waals surface area contributed by atoms with Crippen molar-refractivity contribution >= 4 is 15.9 Å². The Bertz CT molecular complexity index is 275. The molecule has 1 nitrogen and oxygen atoms in total. The van der Waals surface area contributed by atoms with Crippen molar-refractivity contribution in [2.45, 2.75) is 19.4 Å². The van der Waals surface area contributed by atoms with Crippen molar-refractivity contribution in [1.29, 1.82) is 0 Å². The summed E-state index contributed by atoms with van der Waals surface area (Å²) in [5, 5.41) is 9.37. The molecule has 1 aromatic rings. The standard InChI is InChI=1S/C9H10BrFO/c1-2-9(12)7-5-6(10)3-4-8(7)11/h3-5,9,12H,2H2,1H3/t9-/m0/s1. The summed E-state index contributed by atoms with van der Waals surface area (Å²) in [6.07, 6.45) is -0.185. The van der Waals surface area contributed by atoms with Gasteiger partial charge in [-0.25, -0.2) is 4.39 Å². The molecule has 1 rings (SSSR count). The maximum atomic E-state index is 13.0. The first kappa shape index (κ1) is 9.68. The summed E-state index contributed by atoms with van der Waals surface area (Å²) in [6, 6.07) is 4.56. The minimum Gasteiger partial charge on any atom is -0.388 e. The van der Waals surface area contributed by atoms with Crippen LogP contribution in [0.25, 0.3) is 0 Å². The summed E-state index contributed by atoms with van der Waals surface area (Å²) < 4.78 is 13.8. The van der Waals surface area contributed by atoms with Crippen molar-refractivity contribution in [2.75, 3.05) is 0 Å². The highest BCUT2D eigenvalue weighted by Gasteiger charge is 2.10. The summed E-state index contributed by atoms with van der Waals surface area (Å²) in [4.78, 5) is 0. The minimum atomic E-state index is -0.706. The Labute approximate surface area is 79.4 Å². The first-order valence-corrected chi connectivity index (χ1v) is 4.57. The number of aliphatic hydroxyl groups is 1. The molecule has 3 heteroatoms. The van der Waals surface area contributed by atoms with Crippen molar-refractivity contribution < 1.29 is 9.50 Å². The monoisotopic (exact) mass is 232 g/mol. The van der Waals surface area contributed by atoms with E-state index in [1.165, 1.54) is 6.07 Å². The molecule has 0 bridgehead atoms. The summed E-state index contributed by atoms with van der Waals surface area (Å²) in [6.45, 7) is 1.81. The molecule has 0 heterocycles. The summed E-state index contributed by atoms with van der Waals surface area (Å²) in [5.74, 6) is -0.354. The lowest BCUT2D eigenvalue weighted by Gasteiger charge is -2.09. The Morgan fingerprint density at radius 3 is 2.83 bits per heavy atom. The van der Waals surface area contributed by atoms with Crippen LogP contribution in [0.3, 0.4) is 0 Å². The molecule has 1 aromatic carbocycles. The maximum absolute atomic E-state index is 13.0. The molecule has 0 saturated carbocycles. The number of benzene rings is 1. The maximum Gasteiger partial charge on any atom is 0.129 e. The van der Waals surface area contributed by atoms with Crippen LogP contribution in [0.1, 0.15) is 25.0 Å². The molecule has 0 unspecified atom stereocenters. The predicted octanol–water partition coefficient (Wildman–Crippen LogP) is 3.03. The van der Waals surface area contributed by atoms with Gasteiger partial charge in [-0.1, -0.05) is 22.9 Å². The van der Waals surface area contributed by atoms with E-state index in [-0.39, 0.29) is 5.82 Å². The van der Waals surface area contributed by atoms with Crippen LogP contribution in [0.5, 0.6) is 0 Å². The second-order valence-electron chi connectivity index (χ2n) is 2.59. The third kappa shape index (κ3) is 2.05. The molecular weight excluding hydrogens is 223 g/mol. The van der Waals surface area contributed by atoms with Crippen molar-refractivity contribution in [3.8, 4) is 0 Å². The molecule has 1 N–H and O–H groups in total. The second kappa shape index (κ2) is 4.01. The third-order valence-corrected chi connectivity index (χ3v) is 2.20. The molecule has 0 aliphatic carbocycles. The van der Waals surface area contributed by atoms with E-state index in [0.29, 0.717) is 12.0 Å². The van der Waals surface area contributed by atoms with Gasteiger partial charge in [0.25, 0.3) is 0 Å². The van der Waals surface area contributed by atoms with Crippen LogP contribution in [0.4, 0.5) is 4.39 Å². The van der Waals surface area contributed by atoms with E-state index in [2.05, 4.69) is 15.9 Å². The van der Waals surface area contributed by atoms with E-state index in [9.17, 15) is 9.50 Å². The Kier molecular flexibility index (Phi) is 3.23. The Morgan fingerprint density at radius 2 is 2.25 bits per heavy atom. The SMILES string of the molecule is CC[C@H](O)c1cc(Br)ccc1F. The summed E-state index contributed by atoms with van der Waals surface area (Å²) in [5.41, 5.74) is 0.354. The normalized spacial score (nSPS) is 13.0. The Balaban J connectivity index is 3.04. The molecule has 0 aliphatic rings. The molecule has 0 amide bonds. The Morgan fingerprint density at radius 1 is 1.58 bits per heavy atom. The van der Waals surface area contributed by atoms with Crippen LogP contribution < -0.4 is 0 Å². The van der Waals surface area contributed by atoms with E-state index < -0.39 is 6.10 Å². The summed E-state index contributed by atoms with van der Waals surface area (Å²) in [7, 11) is 0. The van der Waals surface area contributed by atoms with Gasteiger partial charge in [0.2, 0.25) is 0 Å². The number of halogens is 2. The van der Waals surface area contributed by atoms with Crippen molar-refractivity contribution in [3.63, 3.8) is 0 Å². The molecule has 0 aliphatic heterocycles. The minimum absolute atomic E-state index is 0.354. The smallest absolute Gasteiger partial charge is 0.129 e. The van der Waals surface area contributed by atoms with Crippen LogP contribution in [0.2, 0.25) is 0 Å². The average Bonchev–Trinajstić information content (AvgIpc) is 2.08. The number of rotatable bonds is 2. The van der Waals surface area contributed by atoms with Crippen LogP contribution in [-0.4, -0.2) is 5.11 Å². The zero-order valence-electron chi connectivity index (χ0n) is 6.72. The fraction of sp³-hybridized carbons (Fsp3) is 0.333. The largest absolute Gasteiger partial charge is 0.388 e. The highest BCUT2D eigenvalue weighted by molar-refractivity contribution is 9.10. The fourth-order valence-electron chi connectivity index (χ4n) is 0.990. The molecule has 1 atom stereocenters. The molecule has 0 fully saturated rings. The number of hydrogen-bond acceptors (Lipinski definition) is 1. The molecule has 12 heavy (non-hydrogen) atoms. The van der Waals surface area contributed by atoms with Crippen molar-refractivity contribution in [1.82, 2.24) is 0 Å². The van der Waals surface area contributed by atoms with E-state index in [1.807, 2.05) is 6.92 Å². The van der Waals surface area contributed by atoms with Crippen molar-refractivity contribution in [2.24, 2.45) is 0 Å². The molecule has 66 valence electrons. The highest BCUT2D eigenvalue weighted by Crippen LogP contribution is 2.23. The van der Waals surface area contributed by atoms with Crippen LogP contribution in [0, 0.1) is 5.82 Å². The van der Waals surface area contributed by atoms with Gasteiger partial charge in [-0.15, -0.1) is 0 Å². The van der Waals surface area contributed by atoms with Gasteiger partial charge in [0.05, 0.1) is 6.10 Å². The first-order chi connectivity index (χ1) is 5.65. The topological polar surface area (TPSA) is 20.2 Å². The third-order valence-electron chi connectivity index (χ3n) is 1.70. The first-order valence-electron chi connectivity index (χ1n) is 3.78. The van der Waals surface area contributed by atoms with Gasteiger partial charge in [-0.2, -0.15) is 0 Å². The van der Waals surface area contributed by atoms with Gasteiger partial charge in [0.1, 0.15) is 5.82 Å². The number of hydrogen-bond donors (Lipinski definition) is 1. The van der Waals surface area contributed by atoms with Crippen LogP contribution in [-0.2, 0) is 0 Å².